The Morgan fingerprint density at radius 2 is 2.25 bits per heavy atom. The van der Waals surface area contributed by atoms with Gasteiger partial charge in [-0.2, -0.15) is 0 Å². The molecule has 1 aliphatic rings. The van der Waals surface area contributed by atoms with Gasteiger partial charge in [0.15, 0.2) is 0 Å². The lowest BCUT2D eigenvalue weighted by molar-refractivity contribution is -0.132. The monoisotopic (exact) mass is 189 g/mol. The topological polar surface area (TPSA) is 20.3 Å². The van der Waals surface area contributed by atoms with Gasteiger partial charge in [0.25, 0.3) is 0 Å². The molecule has 2 atom stereocenters. The van der Waals surface area contributed by atoms with Crippen LogP contribution in [0.3, 0.4) is 0 Å². The number of alkyl halides is 1. The second kappa shape index (κ2) is 4.13. The van der Waals surface area contributed by atoms with Crippen molar-refractivity contribution in [2.75, 3.05) is 12.4 Å². The summed E-state index contributed by atoms with van der Waals surface area (Å²) in [5.41, 5.74) is 0. The standard InChI is InChI=1S/C9H16ClNO/c1-7-3-4-11(8(2)5-7)9(12)6-10/h7-8H,3-6H2,1-2H3/t7-,8+/m1/s1. The first-order valence-corrected chi connectivity index (χ1v) is 5.04. The summed E-state index contributed by atoms with van der Waals surface area (Å²) in [6, 6.07) is 0.375. The Balaban J connectivity index is 2.50. The van der Waals surface area contributed by atoms with Gasteiger partial charge in [0.2, 0.25) is 5.91 Å². The van der Waals surface area contributed by atoms with Crippen molar-refractivity contribution in [3.8, 4) is 0 Å². The van der Waals surface area contributed by atoms with Crippen molar-refractivity contribution in [3.05, 3.63) is 0 Å². The van der Waals surface area contributed by atoms with Crippen molar-refractivity contribution < 1.29 is 4.79 Å². The first-order valence-electron chi connectivity index (χ1n) is 4.50. The van der Waals surface area contributed by atoms with Crippen LogP contribution >= 0.6 is 11.6 Å². The van der Waals surface area contributed by atoms with Gasteiger partial charge in [0.1, 0.15) is 5.88 Å². The number of nitrogens with zero attached hydrogens (tertiary/aromatic N) is 1. The van der Waals surface area contributed by atoms with Crippen LogP contribution in [0.5, 0.6) is 0 Å². The van der Waals surface area contributed by atoms with E-state index < -0.39 is 0 Å². The highest BCUT2D eigenvalue weighted by molar-refractivity contribution is 6.27. The van der Waals surface area contributed by atoms with Crippen molar-refractivity contribution in [2.24, 2.45) is 5.92 Å². The minimum absolute atomic E-state index is 0.0797. The van der Waals surface area contributed by atoms with E-state index >= 15 is 0 Å². The lowest BCUT2D eigenvalue weighted by Gasteiger charge is -2.36. The number of piperidine rings is 1. The second-order valence-corrected chi connectivity index (χ2v) is 3.97. The summed E-state index contributed by atoms with van der Waals surface area (Å²) in [5, 5.41) is 0. The number of halogens is 1. The predicted octanol–water partition coefficient (Wildman–Crippen LogP) is 1.87. The molecule has 3 heteroatoms. The van der Waals surface area contributed by atoms with E-state index in [1.54, 1.807) is 0 Å². The zero-order valence-electron chi connectivity index (χ0n) is 7.72. The summed E-state index contributed by atoms with van der Waals surface area (Å²) in [6.07, 6.45) is 2.23. The molecule has 0 aromatic rings. The first kappa shape index (κ1) is 9.85. The Morgan fingerprint density at radius 1 is 1.58 bits per heavy atom. The Bertz CT molecular complexity index is 172. The third kappa shape index (κ3) is 2.13. The summed E-state index contributed by atoms with van der Waals surface area (Å²) in [6.45, 7) is 5.22. The molecule has 1 rings (SSSR count). The van der Waals surface area contributed by atoms with Crippen LogP contribution < -0.4 is 0 Å². The fourth-order valence-corrected chi connectivity index (χ4v) is 2.01. The quantitative estimate of drug-likeness (QED) is 0.577. The maximum atomic E-state index is 11.3. The summed E-state index contributed by atoms with van der Waals surface area (Å²) < 4.78 is 0. The van der Waals surface area contributed by atoms with Crippen LogP contribution in [0.2, 0.25) is 0 Å². The Hall–Kier alpha value is -0.240. The van der Waals surface area contributed by atoms with E-state index in [4.69, 9.17) is 11.6 Å². The molecule has 12 heavy (non-hydrogen) atoms. The molecule has 0 N–H and O–H groups in total. The highest BCUT2D eigenvalue weighted by Crippen LogP contribution is 2.22. The molecule has 1 aliphatic heterocycles. The SMILES string of the molecule is C[C@@H]1CCN(C(=O)CCl)[C@@H](C)C1. The van der Waals surface area contributed by atoms with Gasteiger partial charge in [0, 0.05) is 12.6 Å². The smallest absolute Gasteiger partial charge is 0.237 e. The van der Waals surface area contributed by atoms with Crippen molar-refractivity contribution in [3.63, 3.8) is 0 Å². The Kier molecular flexibility index (Phi) is 3.39. The van der Waals surface area contributed by atoms with E-state index in [1.807, 2.05) is 4.90 Å². The molecule has 0 saturated carbocycles. The van der Waals surface area contributed by atoms with E-state index in [2.05, 4.69) is 13.8 Å². The lowest BCUT2D eigenvalue weighted by atomic mass is 9.93. The zero-order chi connectivity index (χ0) is 9.14. The number of carbonyl (C=O) groups is 1. The molecule has 2 nitrogen and oxygen atoms in total. The first-order chi connectivity index (χ1) is 5.65. The molecule has 0 unspecified atom stereocenters. The predicted molar refractivity (Wildman–Crippen MR) is 50.3 cm³/mol. The maximum Gasteiger partial charge on any atom is 0.237 e. The average molecular weight is 190 g/mol. The molecule has 1 heterocycles. The number of hydrogen-bond acceptors (Lipinski definition) is 1. The summed E-state index contributed by atoms with van der Waals surface area (Å²) >= 11 is 5.50. The van der Waals surface area contributed by atoms with E-state index in [0.29, 0.717) is 6.04 Å². The van der Waals surface area contributed by atoms with Crippen molar-refractivity contribution >= 4 is 17.5 Å². The number of likely N-dealkylation sites (tertiary alicyclic amines) is 1. The van der Waals surface area contributed by atoms with Gasteiger partial charge < -0.3 is 4.90 Å². The van der Waals surface area contributed by atoms with Crippen molar-refractivity contribution in [2.45, 2.75) is 32.7 Å². The van der Waals surface area contributed by atoms with Crippen LogP contribution in [0.15, 0.2) is 0 Å². The fraction of sp³-hybridized carbons (Fsp3) is 0.889. The highest BCUT2D eigenvalue weighted by Gasteiger charge is 2.25. The molecule has 0 aliphatic carbocycles. The van der Waals surface area contributed by atoms with E-state index in [0.717, 1.165) is 25.3 Å². The van der Waals surface area contributed by atoms with E-state index in [9.17, 15) is 4.79 Å². The van der Waals surface area contributed by atoms with Crippen molar-refractivity contribution in [1.82, 2.24) is 4.90 Å². The van der Waals surface area contributed by atoms with Crippen LogP contribution in [0.1, 0.15) is 26.7 Å². The van der Waals surface area contributed by atoms with Gasteiger partial charge in [-0.1, -0.05) is 6.92 Å². The second-order valence-electron chi connectivity index (χ2n) is 3.70. The third-order valence-corrected chi connectivity index (χ3v) is 2.80. The van der Waals surface area contributed by atoms with Crippen molar-refractivity contribution in [1.29, 1.82) is 0 Å². The number of amides is 1. The van der Waals surface area contributed by atoms with E-state index in [-0.39, 0.29) is 11.8 Å². The normalized spacial score (nSPS) is 30.4. The molecule has 1 saturated heterocycles. The number of rotatable bonds is 1. The summed E-state index contributed by atoms with van der Waals surface area (Å²) in [4.78, 5) is 13.2. The number of hydrogen-bond donors (Lipinski definition) is 0. The van der Waals surface area contributed by atoms with Gasteiger partial charge in [-0.15, -0.1) is 11.6 Å². The summed E-state index contributed by atoms with van der Waals surface area (Å²) in [5.74, 6) is 0.953. The minimum atomic E-state index is 0.0797. The molecule has 0 radical (unpaired) electrons. The molecule has 70 valence electrons. The lowest BCUT2D eigenvalue weighted by Crippen LogP contribution is -2.44. The number of carbonyl (C=O) groups excluding carboxylic acids is 1. The Labute approximate surface area is 78.9 Å². The molecule has 0 aromatic heterocycles. The van der Waals surface area contributed by atoms with Gasteiger partial charge >= 0.3 is 0 Å². The molecular weight excluding hydrogens is 174 g/mol. The molecule has 1 fully saturated rings. The van der Waals surface area contributed by atoms with Gasteiger partial charge in [-0.25, -0.2) is 0 Å². The maximum absolute atomic E-state index is 11.3. The van der Waals surface area contributed by atoms with Gasteiger partial charge in [-0.3, -0.25) is 4.79 Å². The minimum Gasteiger partial charge on any atom is -0.339 e. The van der Waals surface area contributed by atoms with Crippen LogP contribution in [-0.2, 0) is 4.79 Å². The fourth-order valence-electron chi connectivity index (χ4n) is 1.85. The highest BCUT2D eigenvalue weighted by atomic mass is 35.5. The zero-order valence-corrected chi connectivity index (χ0v) is 8.47. The Morgan fingerprint density at radius 3 is 2.75 bits per heavy atom. The van der Waals surface area contributed by atoms with E-state index in [1.165, 1.54) is 0 Å². The average Bonchev–Trinajstić information content (AvgIpc) is 2.03. The molecule has 0 bridgehead atoms. The van der Waals surface area contributed by atoms with Gasteiger partial charge in [0.05, 0.1) is 0 Å². The summed E-state index contributed by atoms with van der Waals surface area (Å²) in [7, 11) is 0. The third-order valence-electron chi connectivity index (χ3n) is 2.57. The van der Waals surface area contributed by atoms with Crippen LogP contribution in [0.4, 0.5) is 0 Å². The molecule has 0 aromatic carbocycles. The molecule has 0 spiro atoms. The molecular formula is C9H16ClNO. The van der Waals surface area contributed by atoms with Crippen LogP contribution in [-0.4, -0.2) is 29.3 Å². The van der Waals surface area contributed by atoms with Gasteiger partial charge in [-0.05, 0) is 25.7 Å². The van der Waals surface area contributed by atoms with Crippen LogP contribution in [0.25, 0.3) is 0 Å². The molecule has 1 amide bonds. The largest absolute Gasteiger partial charge is 0.339 e. The van der Waals surface area contributed by atoms with Crippen LogP contribution in [0, 0.1) is 5.92 Å².